The first kappa shape index (κ1) is 15.7. The first-order valence-electron chi connectivity index (χ1n) is 7.31. The van der Waals surface area contributed by atoms with Crippen molar-refractivity contribution in [3.63, 3.8) is 0 Å². The van der Waals surface area contributed by atoms with Crippen LogP contribution in [0.2, 0.25) is 0 Å². The maximum atomic E-state index is 12.3. The summed E-state index contributed by atoms with van der Waals surface area (Å²) in [5.41, 5.74) is 3.20. The number of amides is 1. The fraction of sp³-hybridized carbons (Fsp3) is 0.643. The molecule has 116 valence electrons. The van der Waals surface area contributed by atoms with E-state index in [-0.39, 0.29) is 11.8 Å². The van der Waals surface area contributed by atoms with Crippen molar-refractivity contribution in [1.29, 1.82) is 0 Å². The molecule has 0 atom stereocenters. The highest BCUT2D eigenvalue weighted by atomic mass is 16.5. The van der Waals surface area contributed by atoms with Crippen LogP contribution in [0.1, 0.15) is 48.9 Å². The van der Waals surface area contributed by atoms with Gasteiger partial charge >= 0.3 is 0 Å². The van der Waals surface area contributed by atoms with Gasteiger partial charge in [-0.15, -0.1) is 0 Å². The van der Waals surface area contributed by atoms with Crippen molar-refractivity contribution in [2.24, 2.45) is 11.8 Å². The van der Waals surface area contributed by atoms with E-state index < -0.39 is 0 Å². The van der Waals surface area contributed by atoms with Crippen LogP contribution in [0.15, 0.2) is 6.20 Å². The normalized spacial score (nSPS) is 16.0. The van der Waals surface area contributed by atoms with Gasteiger partial charge in [0.25, 0.3) is 5.91 Å². The smallest absolute Gasteiger partial charge is 0.272 e. The highest BCUT2D eigenvalue weighted by Crippen LogP contribution is 2.17. The van der Waals surface area contributed by atoms with E-state index in [1.165, 1.54) is 0 Å². The highest BCUT2D eigenvalue weighted by molar-refractivity contribution is 5.97. The Morgan fingerprint density at radius 2 is 2.19 bits per heavy atom. The molecule has 2 rings (SSSR count). The Kier molecular flexibility index (Phi) is 5.46. The van der Waals surface area contributed by atoms with E-state index in [9.17, 15) is 4.79 Å². The molecule has 1 fully saturated rings. The largest absolute Gasteiger partial charge is 0.381 e. The molecule has 21 heavy (non-hydrogen) atoms. The van der Waals surface area contributed by atoms with Crippen molar-refractivity contribution in [2.45, 2.75) is 32.6 Å². The lowest BCUT2D eigenvalue weighted by Crippen LogP contribution is -2.33. The summed E-state index contributed by atoms with van der Waals surface area (Å²) in [5.74, 6) is 6.45. The lowest BCUT2D eigenvalue weighted by atomic mass is 10.0. The lowest BCUT2D eigenvalue weighted by Gasteiger charge is -2.22. The number of aromatic nitrogens is 2. The molecule has 4 N–H and O–H groups in total. The predicted molar refractivity (Wildman–Crippen MR) is 79.8 cm³/mol. The molecule has 0 unspecified atom stereocenters. The minimum atomic E-state index is -0.223. The SMILES string of the molecule is CC(C)c1ncc(NN)c(C(=O)NCC2CCOCC2)n1. The summed E-state index contributed by atoms with van der Waals surface area (Å²) < 4.78 is 5.31. The number of hydrogen-bond donors (Lipinski definition) is 3. The molecule has 0 saturated carbocycles. The molecule has 1 aromatic rings. The van der Waals surface area contributed by atoms with Gasteiger partial charge in [0.05, 0.1) is 11.9 Å². The molecule has 0 spiro atoms. The number of rotatable bonds is 5. The molecule has 0 radical (unpaired) electrons. The number of nitrogen functional groups attached to an aromatic ring is 1. The van der Waals surface area contributed by atoms with Crippen LogP contribution in [-0.2, 0) is 4.74 Å². The van der Waals surface area contributed by atoms with Gasteiger partial charge in [-0.3, -0.25) is 10.6 Å². The van der Waals surface area contributed by atoms with Crippen LogP contribution in [0.3, 0.4) is 0 Å². The summed E-state index contributed by atoms with van der Waals surface area (Å²) in [5, 5.41) is 2.93. The lowest BCUT2D eigenvalue weighted by molar-refractivity contribution is 0.0642. The molecule has 1 aliphatic rings. The Balaban J connectivity index is 2.04. The van der Waals surface area contributed by atoms with Gasteiger partial charge in [0.2, 0.25) is 0 Å². The van der Waals surface area contributed by atoms with Crippen molar-refractivity contribution in [3.05, 3.63) is 17.7 Å². The number of hydrogen-bond acceptors (Lipinski definition) is 6. The Morgan fingerprint density at radius 3 is 2.81 bits per heavy atom. The number of carbonyl (C=O) groups excluding carboxylic acids is 1. The second kappa shape index (κ2) is 7.33. The molecule has 0 aliphatic carbocycles. The zero-order valence-electron chi connectivity index (χ0n) is 12.6. The van der Waals surface area contributed by atoms with Crippen molar-refractivity contribution >= 4 is 11.6 Å². The third-order valence-corrected chi connectivity index (χ3v) is 3.59. The fourth-order valence-electron chi connectivity index (χ4n) is 2.22. The average molecular weight is 293 g/mol. The molecule has 2 heterocycles. The Labute approximate surface area is 124 Å². The van der Waals surface area contributed by atoms with E-state index >= 15 is 0 Å². The summed E-state index contributed by atoms with van der Waals surface area (Å²) in [6.45, 7) is 6.12. The molecular formula is C14H23N5O2. The maximum Gasteiger partial charge on any atom is 0.272 e. The van der Waals surface area contributed by atoms with Crippen LogP contribution in [0, 0.1) is 5.92 Å². The van der Waals surface area contributed by atoms with Gasteiger partial charge in [-0.25, -0.2) is 9.97 Å². The Morgan fingerprint density at radius 1 is 1.48 bits per heavy atom. The van der Waals surface area contributed by atoms with Crippen molar-refractivity contribution in [2.75, 3.05) is 25.2 Å². The first-order valence-corrected chi connectivity index (χ1v) is 7.31. The minimum Gasteiger partial charge on any atom is -0.381 e. The van der Waals surface area contributed by atoms with Gasteiger partial charge in [0.1, 0.15) is 5.82 Å². The highest BCUT2D eigenvalue weighted by Gasteiger charge is 2.19. The van der Waals surface area contributed by atoms with Gasteiger partial charge in [0, 0.05) is 25.7 Å². The standard InChI is InChI=1S/C14H23N5O2/c1-9(2)13-16-8-11(19-15)12(18-13)14(20)17-7-10-3-5-21-6-4-10/h8-10,19H,3-7,15H2,1-2H3,(H,17,20). The van der Waals surface area contributed by atoms with E-state index in [1.54, 1.807) is 6.20 Å². The quantitative estimate of drug-likeness (QED) is 0.554. The molecule has 7 heteroatoms. The van der Waals surface area contributed by atoms with E-state index in [0.717, 1.165) is 26.1 Å². The van der Waals surface area contributed by atoms with Gasteiger partial charge in [0.15, 0.2) is 5.69 Å². The van der Waals surface area contributed by atoms with E-state index in [0.29, 0.717) is 29.7 Å². The maximum absolute atomic E-state index is 12.3. The molecule has 1 amide bonds. The first-order chi connectivity index (χ1) is 10.1. The Bertz CT molecular complexity index is 486. The second-order valence-electron chi connectivity index (χ2n) is 5.56. The van der Waals surface area contributed by atoms with Gasteiger partial charge in [-0.05, 0) is 18.8 Å². The third-order valence-electron chi connectivity index (χ3n) is 3.59. The van der Waals surface area contributed by atoms with Crippen LogP contribution in [0.5, 0.6) is 0 Å². The number of anilines is 1. The number of hydrazine groups is 1. The van der Waals surface area contributed by atoms with E-state index in [2.05, 4.69) is 20.7 Å². The van der Waals surface area contributed by atoms with Crippen LogP contribution < -0.4 is 16.6 Å². The number of nitrogens with one attached hydrogen (secondary N) is 2. The number of ether oxygens (including phenoxy) is 1. The van der Waals surface area contributed by atoms with Gasteiger partial charge in [-0.2, -0.15) is 0 Å². The Hall–Kier alpha value is -1.73. The van der Waals surface area contributed by atoms with Crippen molar-refractivity contribution in [3.8, 4) is 0 Å². The fourth-order valence-corrected chi connectivity index (χ4v) is 2.22. The number of carbonyl (C=O) groups is 1. The number of nitrogens with two attached hydrogens (primary N) is 1. The third kappa shape index (κ3) is 4.12. The van der Waals surface area contributed by atoms with Crippen LogP contribution in [-0.4, -0.2) is 35.6 Å². The molecule has 1 aliphatic heterocycles. The summed E-state index contributed by atoms with van der Waals surface area (Å²) >= 11 is 0. The molecule has 7 nitrogen and oxygen atoms in total. The average Bonchev–Trinajstić information content (AvgIpc) is 2.52. The van der Waals surface area contributed by atoms with Crippen molar-refractivity contribution in [1.82, 2.24) is 15.3 Å². The van der Waals surface area contributed by atoms with Gasteiger partial charge < -0.3 is 15.5 Å². The van der Waals surface area contributed by atoms with E-state index in [1.807, 2.05) is 13.8 Å². The summed E-state index contributed by atoms with van der Waals surface area (Å²) in [4.78, 5) is 20.8. The second-order valence-corrected chi connectivity index (χ2v) is 5.56. The topological polar surface area (TPSA) is 102 Å². The molecular weight excluding hydrogens is 270 g/mol. The van der Waals surface area contributed by atoms with Gasteiger partial charge in [-0.1, -0.05) is 13.8 Å². The van der Waals surface area contributed by atoms with Crippen molar-refractivity contribution < 1.29 is 9.53 Å². The summed E-state index contributed by atoms with van der Waals surface area (Å²) in [7, 11) is 0. The zero-order valence-corrected chi connectivity index (χ0v) is 12.6. The minimum absolute atomic E-state index is 0.152. The van der Waals surface area contributed by atoms with Crippen LogP contribution in [0.25, 0.3) is 0 Å². The predicted octanol–water partition coefficient (Wildman–Crippen LogP) is 1.04. The number of nitrogens with zero attached hydrogens (tertiary/aromatic N) is 2. The molecule has 0 aromatic carbocycles. The van der Waals surface area contributed by atoms with Crippen LogP contribution in [0.4, 0.5) is 5.69 Å². The summed E-state index contributed by atoms with van der Waals surface area (Å²) in [6, 6.07) is 0. The van der Waals surface area contributed by atoms with E-state index in [4.69, 9.17) is 10.6 Å². The molecule has 1 aromatic heterocycles. The molecule has 0 bridgehead atoms. The summed E-state index contributed by atoms with van der Waals surface area (Å²) in [6.07, 6.45) is 3.50. The molecule has 1 saturated heterocycles. The van der Waals surface area contributed by atoms with Crippen LogP contribution >= 0.6 is 0 Å². The monoisotopic (exact) mass is 293 g/mol. The zero-order chi connectivity index (χ0) is 15.2.